The van der Waals surface area contributed by atoms with Gasteiger partial charge in [-0.1, -0.05) is 55.6 Å². The molecule has 2 aromatic rings. The highest BCUT2D eigenvalue weighted by molar-refractivity contribution is 6.33. The maximum atomic E-state index is 12.5. The average Bonchev–Trinajstić information content (AvgIpc) is 2.57. The van der Waals surface area contributed by atoms with E-state index in [1.54, 1.807) is 6.07 Å². The fourth-order valence-electron chi connectivity index (χ4n) is 3.15. The van der Waals surface area contributed by atoms with Crippen molar-refractivity contribution in [2.75, 3.05) is 0 Å². The Morgan fingerprint density at radius 3 is 2.70 bits per heavy atom. The lowest BCUT2D eigenvalue weighted by Gasteiger charge is -2.29. The first-order valence-corrected chi connectivity index (χ1v) is 8.56. The summed E-state index contributed by atoms with van der Waals surface area (Å²) in [5.41, 5.74) is 2.01. The first-order valence-electron chi connectivity index (χ1n) is 8.18. The van der Waals surface area contributed by atoms with Gasteiger partial charge in [-0.3, -0.25) is 4.79 Å². The Balaban J connectivity index is 1.79. The van der Waals surface area contributed by atoms with Gasteiger partial charge in [-0.05, 0) is 37.0 Å². The lowest BCUT2D eigenvalue weighted by molar-refractivity contribution is 0.0905. The number of amides is 1. The van der Waals surface area contributed by atoms with Crippen LogP contribution in [0, 0.1) is 5.92 Å². The van der Waals surface area contributed by atoms with E-state index in [0.29, 0.717) is 16.6 Å². The minimum atomic E-state index is -0.0994. The summed E-state index contributed by atoms with van der Waals surface area (Å²) in [5, 5.41) is 3.78. The van der Waals surface area contributed by atoms with Gasteiger partial charge in [0.05, 0.1) is 5.69 Å². The van der Waals surface area contributed by atoms with E-state index >= 15 is 0 Å². The number of nitrogens with one attached hydrogen (secondary N) is 1. The SMILES string of the molecule is CC1CCCCC1NC(=O)c1cccc(-c2ccccc2Cl)n1. The average molecular weight is 329 g/mol. The minimum Gasteiger partial charge on any atom is -0.348 e. The quantitative estimate of drug-likeness (QED) is 0.886. The summed E-state index contributed by atoms with van der Waals surface area (Å²) in [4.78, 5) is 17.0. The second-order valence-corrected chi connectivity index (χ2v) is 6.64. The van der Waals surface area contributed by atoms with Crippen LogP contribution in [0.25, 0.3) is 11.3 Å². The number of benzene rings is 1. The summed E-state index contributed by atoms with van der Waals surface area (Å²) in [6, 6.07) is 13.3. The number of hydrogen-bond acceptors (Lipinski definition) is 2. The van der Waals surface area contributed by atoms with E-state index in [2.05, 4.69) is 17.2 Å². The molecule has 0 radical (unpaired) electrons. The second-order valence-electron chi connectivity index (χ2n) is 6.23. The molecule has 2 atom stereocenters. The summed E-state index contributed by atoms with van der Waals surface area (Å²) in [6.07, 6.45) is 4.67. The zero-order valence-corrected chi connectivity index (χ0v) is 14.0. The maximum absolute atomic E-state index is 12.5. The predicted molar refractivity (Wildman–Crippen MR) is 93.6 cm³/mol. The van der Waals surface area contributed by atoms with Gasteiger partial charge in [0.15, 0.2) is 0 Å². The number of carbonyl (C=O) groups is 1. The molecule has 120 valence electrons. The van der Waals surface area contributed by atoms with E-state index in [4.69, 9.17) is 11.6 Å². The van der Waals surface area contributed by atoms with Crippen molar-refractivity contribution in [3.05, 3.63) is 53.2 Å². The summed E-state index contributed by atoms with van der Waals surface area (Å²) in [5.74, 6) is 0.428. The van der Waals surface area contributed by atoms with Crippen molar-refractivity contribution in [3.8, 4) is 11.3 Å². The standard InChI is InChI=1S/C19H21ClN2O/c1-13-7-2-5-10-16(13)22-19(23)18-12-6-11-17(21-18)14-8-3-4-9-15(14)20/h3-4,6,8-9,11-13,16H,2,5,7,10H2,1H3,(H,22,23). The normalized spacial score (nSPS) is 21.0. The molecule has 0 spiro atoms. The third-order valence-corrected chi connectivity index (χ3v) is 4.89. The van der Waals surface area contributed by atoms with E-state index in [1.807, 2.05) is 36.4 Å². The predicted octanol–water partition coefficient (Wildman–Crippen LogP) is 4.71. The molecule has 1 aliphatic carbocycles. The number of carbonyl (C=O) groups excluding carboxylic acids is 1. The van der Waals surface area contributed by atoms with E-state index in [9.17, 15) is 4.79 Å². The van der Waals surface area contributed by atoms with Crippen molar-refractivity contribution in [2.24, 2.45) is 5.92 Å². The zero-order valence-electron chi connectivity index (χ0n) is 13.3. The molecule has 1 heterocycles. The molecule has 1 fully saturated rings. The van der Waals surface area contributed by atoms with Gasteiger partial charge >= 0.3 is 0 Å². The van der Waals surface area contributed by atoms with Crippen LogP contribution in [-0.4, -0.2) is 16.9 Å². The Kier molecular flexibility index (Phi) is 4.97. The number of halogens is 1. The van der Waals surface area contributed by atoms with Crippen LogP contribution >= 0.6 is 11.6 Å². The third-order valence-electron chi connectivity index (χ3n) is 4.56. The molecule has 1 N–H and O–H groups in total. The van der Waals surface area contributed by atoms with E-state index < -0.39 is 0 Å². The summed E-state index contributed by atoms with van der Waals surface area (Å²) in [6.45, 7) is 2.21. The van der Waals surface area contributed by atoms with Crippen LogP contribution in [0.4, 0.5) is 0 Å². The van der Waals surface area contributed by atoms with Crippen molar-refractivity contribution in [1.82, 2.24) is 10.3 Å². The second kappa shape index (κ2) is 7.14. The van der Waals surface area contributed by atoms with Crippen LogP contribution in [0.2, 0.25) is 5.02 Å². The highest BCUT2D eigenvalue weighted by Gasteiger charge is 2.23. The van der Waals surface area contributed by atoms with Crippen LogP contribution < -0.4 is 5.32 Å². The lowest BCUT2D eigenvalue weighted by atomic mass is 9.86. The highest BCUT2D eigenvalue weighted by Crippen LogP contribution is 2.26. The van der Waals surface area contributed by atoms with Crippen LogP contribution in [0.1, 0.15) is 43.1 Å². The maximum Gasteiger partial charge on any atom is 0.270 e. The van der Waals surface area contributed by atoms with Gasteiger partial charge in [0.25, 0.3) is 5.91 Å². The number of rotatable bonds is 3. The summed E-state index contributed by atoms with van der Waals surface area (Å²) >= 11 is 6.22. The van der Waals surface area contributed by atoms with E-state index in [-0.39, 0.29) is 11.9 Å². The first-order chi connectivity index (χ1) is 11.1. The third kappa shape index (κ3) is 3.73. The van der Waals surface area contributed by atoms with Gasteiger partial charge in [-0.25, -0.2) is 4.98 Å². The molecule has 1 aromatic heterocycles. The highest BCUT2D eigenvalue weighted by atomic mass is 35.5. The number of aromatic nitrogens is 1. The molecule has 2 unspecified atom stereocenters. The molecule has 1 amide bonds. The Labute approximate surface area is 142 Å². The van der Waals surface area contributed by atoms with Gasteiger partial charge in [-0.2, -0.15) is 0 Å². The molecule has 0 bridgehead atoms. The topological polar surface area (TPSA) is 42.0 Å². The molecule has 0 saturated heterocycles. The molecule has 0 aliphatic heterocycles. The van der Waals surface area contributed by atoms with Crippen molar-refractivity contribution in [2.45, 2.75) is 38.6 Å². The molecule has 1 saturated carbocycles. The Hall–Kier alpha value is -1.87. The molecule has 3 nitrogen and oxygen atoms in total. The van der Waals surface area contributed by atoms with Gasteiger partial charge < -0.3 is 5.32 Å². The van der Waals surface area contributed by atoms with Crippen molar-refractivity contribution in [1.29, 1.82) is 0 Å². The van der Waals surface area contributed by atoms with Crippen LogP contribution in [0.15, 0.2) is 42.5 Å². The van der Waals surface area contributed by atoms with Gasteiger partial charge in [0, 0.05) is 16.6 Å². The molecule has 3 rings (SSSR count). The number of nitrogens with zero attached hydrogens (tertiary/aromatic N) is 1. The minimum absolute atomic E-state index is 0.0994. The molecule has 4 heteroatoms. The van der Waals surface area contributed by atoms with Crippen LogP contribution in [0.3, 0.4) is 0 Å². The summed E-state index contributed by atoms with van der Waals surface area (Å²) in [7, 11) is 0. The molecular formula is C19H21ClN2O. The molecule has 23 heavy (non-hydrogen) atoms. The Morgan fingerprint density at radius 1 is 1.13 bits per heavy atom. The smallest absolute Gasteiger partial charge is 0.270 e. The monoisotopic (exact) mass is 328 g/mol. The van der Waals surface area contributed by atoms with Crippen molar-refractivity contribution in [3.63, 3.8) is 0 Å². The molecule has 1 aliphatic rings. The fraction of sp³-hybridized carbons (Fsp3) is 0.368. The van der Waals surface area contributed by atoms with Gasteiger partial charge in [0.2, 0.25) is 0 Å². The van der Waals surface area contributed by atoms with Crippen LogP contribution in [0.5, 0.6) is 0 Å². The first kappa shape index (κ1) is 16.0. The van der Waals surface area contributed by atoms with Crippen LogP contribution in [-0.2, 0) is 0 Å². The van der Waals surface area contributed by atoms with Crippen molar-refractivity contribution < 1.29 is 4.79 Å². The number of hydrogen-bond donors (Lipinski definition) is 1. The number of pyridine rings is 1. The molecular weight excluding hydrogens is 308 g/mol. The lowest BCUT2D eigenvalue weighted by Crippen LogP contribution is -2.41. The Bertz CT molecular complexity index is 701. The zero-order chi connectivity index (χ0) is 16.2. The van der Waals surface area contributed by atoms with E-state index in [0.717, 1.165) is 17.7 Å². The van der Waals surface area contributed by atoms with Gasteiger partial charge in [0.1, 0.15) is 5.69 Å². The van der Waals surface area contributed by atoms with Crippen molar-refractivity contribution >= 4 is 17.5 Å². The molecule has 1 aromatic carbocycles. The fourth-order valence-corrected chi connectivity index (χ4v) is 3.39. The Morgan fingerprint density at radius 2 is 1.91 bits per heavy atom. The van der Waals surface area contributed by atoms with Gasteiger partial charge in [-0.15, -0.1) is 0 Å². The summed E-state index contributed by atoms with van der Waals surface area (Å²) < 4.78 is 0. The largest absolute Gasteiger partial charge is 0.348 e. The van der Waals surface area contributed by atoms with E-state index in [1.165, 1.54) is 19.3 Å².